The molecule has 0 bridgehead atoms. The second-order valence-electron chi connectivity index (χ2n) is 17.1. The van der Waals surface area contributed by atoms with E-state index in [1.165, 1.54) is 72.3 Å². The molecule has 0 atom stereocenters. The summed E-state index contributed by atoms with van der Waals surface area (Å²) in [5, 5.41) is 2.18. The minimum absolute atomic E-state index is 0.237. The molecule has 1 heterocycles. The monoisotopic (exact) mass is 781 g/mol. The molecule has 8 aromatic carbocycles. The first-order valence-electron chi connectivity index (χ1n) is 21.3. The topological polar surface area (TPSA) is 16.4 Å². The molecule has 1 aromatic heterocycles. The van der Waals surface area contributed by atoms with Crippen LogP contribution in [-0.2, 0) is 10.8 Å². The quantitative estimate of drug-likeness (QED) is 0.167. The van der Waals surface area contributed by atoms with Crippen molar-refractivity contribution >= 4 is 44.6 Å². The molecule has 2 nitrogen and oxygen atoms in total. The van der Waals surface area contributed by atoms with Crippen molar-refractivity contribution in [1.82, 2.24) is 0 Å². The van der Waals surface area contributed by atoms with Gasteiger partial charge >= 0.3 is 0 Å². The first-order valence-corrected chi connectivity index (χ1v) is 21.3. The highest BCUT2D eigenvalue weighted by atomic mass is 16.3. The van der Waals surface area contributed by atoms with E-state index in [4.69, 9.17) is 4.42 Å². The van der Waals surface area contributed by atoms with E-state index in [9.17, 15) is 0 Å². The Morgan fingerprint density at radius 2 is 1.05 bits per heavy atom. The molecule has 0 fully saturated rings. The molecule has 9 aromatic rings. The lowest BCUT2D eigenvalue weighted by molar-refractivity contribution is 0.654. The molecule has 61 heavy (non-hydrogen) atoms. The van der Waals surface area contributed by atoms with Crippen LogP contribution < -0.4 is 4.90 Å². The van der Waals surface area contributed by atoms with Gasteiger partial charge < -0.3 is 9.32 Å². The lowest BCUT2D eigenvalue weighted by Crippen LogP contribution is -2.25. The normalized spacial score (nSPS) is 15.0. The van der Waals surface area contributed by atoms with Crippen LogP contribution in [0, 0.1) is 0 Å². The van der Waals surface area contributed by atoms with Gasteiger partial charge in [0.15, 0.2) is 0 Å². The third kappa shape index (κ3) is 4.68. The van der Waals surface area contributed by atoms with Crippen LogP contribution in [0.1, 0.15) is 54.2 Å². The Hall–Kier alpha value is -7.42. The zero-order valence-corrected chi connectivity index (χ0v) is 34.5. The predicted octanol–water partition coefficient (Wildman–Crippen LogP) is 15.9. The van der Waals surface area contributed by atoms with Gasteiger partial charge in [0, 0.05) is 21.9 Å². The Kier molecular flexibility index (Phi) is 7.59. The number of allylic oxidation sites excluding steroid dienone is 5. The summed E-state index contributed by atoms with van der Waals surface area (Å²) >= 11 is 0. The smallest absolute Gasteiger partial charge is 0.137 e. The molecule has 3 aliphatic rings. The molecule has 3 aliphatic carbocycles. The standard InChI is InChI=1S/C59H43NO/c1-5-19-43-45(6-2)58(3,4)49-28-17-30-52(56(43)49)60(53-31-18-33-55-57(53)44-24-11-16-32-54(44)61-55)51-29-15-10-20-38(51)37-34-35-42-41-23-9-14-27-48(41)59(50(42)36-37)46-25-12-7-21-39(46)40-22-8-13-26-47(40)59/h5-36H,2H2,1,3-4H3/b19-5-. The number of rotatable bonds is 6. The Bertz CT molecular complexity index is 3320. The van der Waals surface area contributed by atoms with E-state index in [0.29, 0.717) is 0 Å². The van der Waals surface area contributed by atoms with Crippen LogP contribution in [0.5, 0.6) is 0 Å². The Labute approximate surface area is 357 Å². The molecular weight excluding hydrogens is 739 g/mol. The highest BCUT2D eigenvalue weighted by Gasteiger charge is 2.51. The van der Waals surface area contributed by atoms with Crippen LogP contribution in [0.25, 0.3) is 60.9 Å². The Morgan fingerprint density at radius 1 is 0.508 bits per heavy atom. The number of furan rings is 1. The lowest BCUT2D eigenvalue weighted by atomic mass is 9.70. The number of para-hydroxylation sites is 2. The third-order valence-electron chi connectivity index (χ3n) is 13.8. The van der Waals surface area contributed by atoms with Crippen LogP contribution in [0.4, 0.5) is 17.1 Å². The average Bonchev–Trinajstić information content (AvgIpc) is 3.99. The van der Waals surface area contributed by atoms with Crippen LogP contribution in [0.2, 0.25) is 0 Å². The van der Waals surface area contributed by atoms with Gasteiger partial charge in [-0.2, -0.15) is 0 Å². The van der Waals surface area contributed by atoms with Gasteiger partial charge in [-0.25, -0.2) is 0 Å². The molecule has 1 spiro atoms. The van der Waals surface area contributed by atoms with Gasteiger partial charge in [0.1, 0.15) is 11.2 Å². The number of fused-ring (bicyclic) bond motifs is 14. The van der Waals surface area contributed by atoms with Crippen molar-refractivity contribution in [3.05, 3.63) is 240 Å². The molecule has 12 rings (SSSR count). The summed E-state index contributed by atoms with van der Waals surface area (Å²) in [5.41, 5.74) is 22.2. The summed E-state index contributed by atoms with van der Waals surface area (Å²) in [6, 6.07) is 65.0. The SMILES string of the molecule is C=CC1=C(/C=C\C)c2c(N(c3ccccc3-c3ccc4c(c3)C3(c5ccccc5-c5ccccc53)c3ccccc3-4)c3cccc4oc5ccccc5c34)cccc2C1(C)C. The van der Waals surface area contributed by atoms with E-state index in [2.05, 4.69) is 226 Å². The van der Waals surface area contributed by atoms with Gasteiger partial charge in [-0.15, -0.1) is 0 Å². The van der Waals surface area contributed by atoms with Gasteiger partial charge in [0.25, 0.3) is 0 Å². The molecule has 0 saturated carbocycles. The highest BCUT2D eigenvalue weighted by Crippen LogP contribution is 2.63. The lowest BCUT2D eigenvalue weighted by Gasteiger charge is -2.32. The van der Waals surface area contributed by atoms with Gasteiger partial charge in [-0.1, -0.05) is 178 Å². The van der Waals surface area contributed by atoms with Crippen molar-refractivity contribution in [2.75, 3.05) is 4.90 Å². The molecule has 0 N–H and O–H groups in total. The van der Waals surface area contributed by atoms with E-state index in [0.717, 1.165) is 44.6 Å². The first-order chi connectivity index (χ1) is 30.0. The molecule has 290 valence electrons. The molecule has 0 unspecified atom stereocenters. The van der Waals surface area contributed by atoms with Crippen LogP contribution in [0.15, 0.2) is 211 Å². The van der Waals surface area contributed by atoms with E-state index < -0.39 is 5.41 Å². The van der Waals surface area contributed by atoms with E-state index in [-0.39, 0.29) is 5.41 Å². The maximum Gasteiger partial charge on any atom is 0.137 e. The maximum absolute atomic E-state index is 6.58. The maximum atomic E-state index is 6.58. The summed E-state index contributed by atoms with van der Waals surface area (Å²) in [5.74, 6) is 0. The van der Waals surface area contributed by atoms with E-state index in [1.54, 1.807) is 0 Å². The molecule has 0 amide bonds. The van der Waals surface area contributed by atoms with Crippen LogP contribution in [-0.4, -0.2) is 0 Å². The van der Waals surface area contributed by atoms with Crippen molar-refractivity contribution in [3.8, 4) is 33.4 Å². The fraction of sp³-hybridized carbons (Fsp3) is 0.0847. The Morgan fingerprint density at radius 3 is 1.74 bits per heavy atom. The number of benzene rings is 8. The van der Waals surface area contributed by atoms with Gasteiger partial charge in [-0.05, 0) is 110 Å². The molecular formula is C59H43NO. The van der Waals surface area contributed by atoms with Crippen molar-refractivity contribution in [1.29, 1.82) is 0 Å². The van der Waals surface area contributed by atoms with Crippen LogP contribution in [0.3, 0.4) is 0 Å². The zero-order chi connectivity index (χ0) is 41.0. The van der Waals surface area contributed by atoms with Gasteiger partial charge in [-0.3, -0.25) is 0 Å². The summed E-state index contributed by atoms with van der Waals surface area (Å²) in [6.07, 6.45) is 6.47. The summed E-state index contributed by atoms with van der Waals surface area (Å²) < 4.78 is 6.58. The van der Waals surface area contributed by atoms with Gasteiger partial charge in [0.2, 0.25) is 0 Å². The summed E-state index contributed by atoms with van der Waals surface area (Å²) in [7, 11) is 0. The zero-order valence-electron chi connectivity index (χ0n) is 34.5. The summed E-state index contributed by atoms with van der Waals surface area (Å²) in [6.45, 7) is 11.1. The Balaban J connectivity index is 1.16. The fourth-order valence-corrected chi connectivity index (χ4v) is 11.4. The number of hydrogen-bond acceptors (Lipinski definition) is 2. The largest absolute Gasteiger partial charge is 0.456 e. The molecule has 0 aliphatic heterocycles. The second kappa shape index (κ2) is 13.0. The van der Waals surface area contributed by atoms with Crippen molar-refractivity contribution in [3.63, 3.8) is 0 Å². The van der Waals surface area contributed by atoms with E-state index in [1.807, 2.05) is 0 Å². The highest BCUT2D eigenvalue weighted by molar-refractivity contribution is 6.14. The fourth-order valence-electron chi connectivity index (χ4n) is 11.4. The summed E-state index contributed by atoms with van der Waals surface area (Å²) in [4.78, 5) is 2.50. The van der Waals surface area contributed by atoms with Crippen molar-refractivity contribution in [2.45, 2.75) is 31.6 Å². The molecule has 0 radical (unpaired) electrons. The van der Waals surface area contributed by atoms with Crippen molar-refractivity contribution < 1.29 is 4.42 Å². The van der Waals surface area contributed by atoms with E-state index >= 15 is 0 Å². The number of nitrogens with zero attached hydrogens (tertiary/aromatic N) is 1. The first kappa shape index (κ1) is 35.5. The number of anilines is 3. The van der Waals surface area contributed by atoms with Gasteiger partial charge in [0.05, 0.1) is 27.9 Å². The minimum atomic E-state index is -0.440. The minimum Gasteiger partial charge on any atom is -0.456 e. The van der Waals surface area contributed by atoms with Crippen LogP contribution >= 0.6 is 0 Å². The van der Waals surface area contributed by atoms with Crippen molar-refractivity contribution in [2.24, 2.45) is 0 Å². The molecule has 2 heteroatoms. The average molecular weight is 782 g/mol. The molecule has 0 saturated heterocycles. The third-order valence-corrected chi connectivity index (χ3v) is 13.8. The number of hydrogen-bond donors (Lipinski definition) is 0. The predicted molar refractivity (Wildman–Crippen MR) is 255 cm³/mol. The second-order valence-corrected chi connectivity index (χ2v) is 17.1.